The van der Waals surface area contributed by atoms with E-state index >= 15 is 0 Å². The van der Waals surface area contributed by atoms with Gasteiger partial charge in [-0.05, 0) is 117 Å². The molecule has 10 heteroatoms. The minimum absolute atomic E-state index is 0.179. The molecule has 0 radical (unpaired) electrons. The molecule has 4 aromatic carbocycles. The summed E-state index contributed by atoms with van der Waals surface area (Å²) in [5, 5.41) is 13.9. The predicted octanol–water partition coefficient (Wildman–Crippen LogP) is 14.9. The number of para-hydroxylation sites is 2. The molecule has 5 heterocycles. The number of thiazole rings is 1. The Balaban J connectivity index is 0.000000182. The maximum Gasteiger partial charge on any atom is 0.188 e. The lowest BCUT2D eigenvalue weighted by Crippen LogP contribution is -2.49. The number of nitrogens with zero attached hydrogens (tertiary/aromatic N) is 7. The molecule has 3 aliphatic rings. The Bertz CT molecular complexity index is 3060. The summed E-state index contributed by atoms with van der Waals surface area (Å²) in [4.78, 5) is 17.4. The van der Waals surface area contributed by atoms with Crippen molar-refractivity contribution in [2.45, 2.75) is 110 Å². The van der Waals surface area contributed by atoms with Crippen molar-refractivity contribution in [3.05, 3.63) is 168 Å². The largest absolute Gasteiger partial charge is 0.391 e. The van der Waals surface area contributed by atoms with E-state index in [-0.39, 0.29) is 5.92 Å². The molecule has 3 aromatic heterocycles. The fourth-order valence-electron chi connectivity index (χ4n) is 11.8. The Kier molecular flexibility index (Phi) is 17.2. The van der Waals surface area contributed by atoms with Crippen LogP contribution in [0, 0.1) is 19.8 Å². The first-order valence-electron chi connectivity index (χ1n) is 27.3. The molecular formula is C64H79N9S. The highest BCUT2D eigenvalue weighted by molar-refractivity contribution is 7.22. The van der Waals surface area contributed by atoms with E-state index in [1.807, 2.05) is 37.4 Å². The van der Waals surface area contributed by atoms with Gasteiger partial charge in [0.2, 0.25) is 0 Å². The van der Waals surface area contributed by atoms with Crippen LogP contribution >= 0.6 is 11.3 Å². The number of piperazine rings is 1. The fourth-order valence-corrected chi connectivity index (χ4v) is 12.7. The Labute approximate surface area is 445 Å². The maximum absolute atomic E-state index is 5.06. The van der Waals surface area contributed by atoms with Crippen LogP contribution in [0.3, 0.4) is 0 Å². The molecule has 0 spiro atoms. The van der Waals surface area contributed by atoms with Crippen molar-refractivity contribution in [1.29, 1.82) is 0 Å². The molecule has 0 bridgehead atoms. The second-order valence-electron chi connectivity index (χ2n) is 20.9. The summed E-state index contributed by atoms with van der Waals surface area (Å²) in [6.45, 7) is 29.6. The smallest absolute Gasteiger partial charge is 0.188 e. The minimum atomic E-state index is 0.179. The number of allylic oxidation sites excluding steroid dienone is 2. The van der Waals surface area contributed by atoms with E-state index in [0.29, 0.717) is 6.04 Å². The lowest BCUT2D eigenvalue weighted by atomic mass is 9.85. The van der Waals surface area contributed by atoms with E-state index in [4.69, 9.17) is 15.1 Å². The van der Waals surface area contributed by atoms with Gasteiger partial charge in [-0.15, -0.1) is 6.58 Å². The van der Waals surface area contributed by atoms with Crippen molar-refractivity contribution in [3.63, 3.8) is 0 Å². The van der Waals surface area contributed by atoms with Crippen molar-refractivity contribution in [2.75, 3.05) is 54.9 Å². The molecule has 2 aliphatic heterocycles. The van der Waals surface area contributed by atoms with Gasteiger partial charge in [0.1, 0.15) is 5.82 Å². The van der Waals surface area contributed by atoms with Gasteiger partial charge in [-0.3, -0.25) is 9.58 Å². The number of pyridine rings is 1. The molecule has 1 saturated heterocycles. The van der Waals surface area contributed by atoms with Gasteiger partial charge >= 0.3 is 0 Å². The summed E-state index contributed by atoms with van der Waals surface area (Å²) in [5.74, 6) is 2.16. The molecule has 386 valence electrons. The van der Waals surface area contributed by atoms with Crippen LogP contribution in [0.5, 0.6) is 0 Å². The average molecular weight is 1010 g/mol. The number of nitrogens with one attached hydrogen (secondary N) is 2. The second-order valence-corrected chi connectivity index (χ2v) is 22.0. The van der Waals surface area contributed by atoms with Crippen LogP contribution in [0.4, 0.5) is 16.6 Å². The third kappa shape index (κ3) is 11.7. The van der Waals surface area contributed by atoms with Crippen molar-refractivity contribution >= 4 is 60.9 Å². The SMILES string of the molecule is C=CCCC(C(=C)NC)c1nn(C)c2c(N3CCN([C@@H](C)CCCC4CCCCC4)CC3)cccc12.C=Cc1nc(N2CCc3cccc(C(=C)Nc4nc5ccccc5s4)c3C2)ccc1-c1cccc(C)c1C. The van der Waals surface area contributed by atoms with Gasteiger partial charge in [0.15, 0.2) is 5.13 Å². The standard InChI is InChI=1S/C33H30N4S.C31H49N5/c1-5-29-27(25-12-8-10-21(2)22(25)3)16-17-32(35-29)37-19-18-24-11-9-13-26(28(24)20-37)23(4)34-33-36-30-14-6-7-15-31(30)38-33;1-6-7-17-27(25(3)32-4)30-28-18-12-19-29(31(28)34(5)33-30)36-22-20-35(21-23-36)24(2)13-11-16-26-14-9-8-10-15-26/h5-17H,1,4,18-20H2,2-3H3,(H,34,36);6,12,18-19,24,26-27,32H,1,3,7-11,13-17,20-23H2,2,4-5H3/t;24-,27?/m.0/s1. The number of anilines is 3. The number of fused-ring (bicyclic) bond motifs is 3. The molecule has 2 fully saturated rings. The monoisotopic (exact) mass is 1010 g/mol. The van der Waals surface area contributed by atoms with Crippen LogP contribution in [-0.2, 0) is 20.0 Å². The molecule has 2 atom stereocenters. The van der Waals surface area contributed by atoms with E-state index < -0.39 is 0 Å². The Morgan fingerprint density at radius 1 is 0.824 bits per heavy atom. The highest BCUT2D eigenvalue weighted by Crippen LogP contribution is 2.38. The molecule has 1 unspecified atom stereocenters. The summed E-state index contributed by atoms with van der Waals surface area (Å²) in [6, 6.07) is 32.9. The van der Waals surface area contributed by atoms with Crippen molar-refractivity contribution in [1.82, 2.24) is 30.0 Å². The van der Waals surface area contributed by atoms with E-state index in [1.165, 1.54) is 95.8 Å². The van der Waals surface area contributed by atoms with Gasteiger partial charge < -0.3 is 20.4 Å². The van der Waals surface area contributed by atoms with Gasteiger partial charge in [0.25, 0.3) is 0 Å². The number of hydrogen-bond acceptors (Lipinski definition) is 9. The van der Waals surface area contributed by atoms with Gasteiger partial charge in [-0.25, -0.2) is 9.97 Å². The van der Waals surface area contributed by atoms with Gasteiger partial charge in [-0.1, -0.05) is 143 Å². The summed E-state index contributed by atoms with van der Waals surface area (Å²) in [5.41, 5.74) is 16.2. The van der Waals surface area contributed by atoms with Crippen molar-refractivity contribution < 1.29 is 0 Å². The lowest BCUT2D eigenvalue weighted by Gasteiger charge is -2.39. The van der Waals surface area contributed by atoms with Crippen LogP contribution < -0.4 is 20.4 Å². The zero-order valence-electron chi connectivity index (χ0n) is 44.9. The second kappa shape index (κ2) is 24.2. The molecule has 9 nitrogen and oxygen atoms in total. The lowest BCUT2D eigenvalue weighted by molar-refractivity contribution is 0.182. The summed E-state index contributed by atoms with van der Waals surface area (Å²) < 4.78 is 3.25. The first-order valence-corrected chi connectivity index (χ1v) is 28.2. The number of benzene rings is 4. The normalized spacial score (nSPS) is 16.0. The highest BCUT2D eigenvalue weighted by atomic mass is 32.1. The van der Waals surface area contributed by atoms with E-state index in [9.17, 15) is 0 Å². The molecular weight excluding hydrogens is 927 g/mol. The van der Waals surface area contributed by atoms with Gasteiger partial charge in [0.05, 0.1) is 32.8 Å². The zero-order valence-corrected chi connectivity index (χ0v) is 45.8. The molecule has 0 amide bonds. The summed E-state index contributed by atoms with van der Waals surface area (Å²) in [6.07, 6.45) is 18.3. The van der Waals surface area contributed by atoms with Crippen LogP contribution in [0.25, 0.3) is 44.0 Å². The number of aromatic nitrogens is 4. The van der Waals surface area contributed by atoms with Crippen molar-refractivity contribution in [2.24, 2.45) is 13.0 Å². The van der Waals surface area contributed by atoms with Crippen LogP contribution in [0.15, 0.2) is 129 Å². The first kappa shape index (κ1) is 52.4. The van der Waals surface area contributed by atoms with Crippen LogP contribution in [-0.4, -0.2) is 70.5 Å². The van der Waals surface area contributed by atoms with Crippen molar-refractivity contribution in [3.8, 4) is 11.1 Å². The van der Waals surface area contributed by atoms with Gasteiger partial charge in [0, 0.05) is 93.2 Å². The topological polar surface area (TPSA) is 77.4 Å². The Hall–Kier alpha value is -6.49. The number of likely N-dealkylation sites (N-methyl/N-ethyl adjacent to an activating group) is 1. The third-order valence-corrected chi connectivity index (χ3v) is 17.3. The number of hydrogen-bond donors (Lipinski definition) is 2. The average Bonchev–Trinajstić information content (AvgIpc) is 4.01. The molecule has 7 aromatic rings. The quantitative estimate of drug-likeness (QED) is 0.0824. The minimum Gasteiger partial charge on any atom is -0.391 e. The predicted molar refractivity (Wildman–Crippen MR) is 317 cm³/mol. The van der Waals surface area contributed by atoms with E-state index in [1.54, 1.807) is 11.3 Å². The summed E-state index contributed by atoms with van der Waals surface area (Å²) >= 11 is 1.65. The highest BCUT2D eigenvalue weighted by Gasteiger charge is 2.27. The first-order chi connectivity index (χ1) is 36.0. The van der Waals surface area contributed by atoms with Crippen LogP contribution in [0.1, 0.15) is 116 Å². The number of aryl methyl sites for hydroxylation is 2. The summed E-state index contributed by atoms with van der Waals surface area (Å²) in [7, 11) is 4.04. The van der Waals surface area contributed by atoms with E-state index in [2.05, 4.69) is 157 Å². The molecule has 2 N–H and O–H groups in total. The molecule has 1 saturated carbocycles. The maximum atomic E-state index is 5.06. The zero-order chi connectivity index (χ0) is 51.7. The molecule has 1 aliphatic carbocycles. The Morgan fingerprint density at radius 2 is 1.61 bits per heavy atom. The Morgan fingerprint density at radius 3 is 2.38 bits per heavy atom. The molecule has 74 heavy (non-hydrogen) atoms. The fraction of sp³-hybridized carbons (Fsp3) is 0.391. The third-order valence-electron chi connectivity index (χ3n) is 16.3. The molecule has 10 rings (SSSR count). The van der Waals surface area contributed by atoms with Gasteiger partial charge in [-0.2, -0.15) is 5.10 Å². The number of rotatable bonds is 18. The van der Waals surface area contributed by atoms with E-state index in [0.717, 1.165) is 120 Å². The van der Waals surface area contributed by atoms with Crippen LogP contribution in [0.2, 0.25) is 0 Å².